The molecule has 0 fully saturated rings. The van der Waals surface area contributed by atoms with Gasteiger partial charge in [-0.25, -0.2) is 33.7 Å². The van der Waals surface area contributed by atoms with E-state index < -0.39 is 70.5 Å². The van der Waals surface area contributed by atoms with Crippen LogP contribution in [0, 0.1) is 0 Å². The predicted molar refractivity (Wildman–Crippen MR) is 126 cm³/mol. The largest absolute Gasteiger partial charge is 1.00 e. The molecule has 0 saturated carbocycles. The van der Waals surface area contributed by atoms with E-state index >= 15 is 0 Å². The van der Waals surface area contributed by atoms with Gasteiger partial charge in [-0.15, -0.1) is 0 Å². The van der Waals surface area contributed by atoms with Gasteiger partial charge in [0.2, 0.25) is 5.91 Å². The van der Waals surface area contributed by atoms with E-state index in [1.54, 1.807) is 0 Å². The van der Waals surface area contributed by atoms with E-state index in [-0.39, 0.29) is 174 Å². The van der Waals surface area contributed by atoms with Crippen LogP contribution >= 0.6 is 0 Å². The molecule has 0 bridgehead atoms. The summed E-state index contributed by atoms with van der Waals surface area (Å²) in [6.07, 6.45) is -0.509. The molecule has 0 N–H and O–H groups in total. The summed E-state index contributed by atoms with van der Waals surface area (Å²) in [7, 11) is -21.2. The molecule has 0 atom stereocenters. The van der Waals surface area contributed by atoms with Crippen LogP contribution in [-0.2, 0) is 65.8 Å². The molecule has 228 valence electrons. The second kappa shape index (κ2) is 19.2. The summed E-state index contributed by atoms with van der Waals surface area (Å²) in [5.74, 6) is -3.13. The van der Waals surface area contributed by atoms with Gasteiger partial charge in [0.15, 0.2) is 11.5 Å². The maximum atomic E-state index is 12.8. The van der Waals surface area contributed by atoms with E-state index in [0.717, 1.165) is 24.3 Å². The monoisotopic (exact) mass is 751 g/mol. The molecule has 1 aliphatic heterocycles. The molecular formula is C19H17NNa4O17S4. The number of aryl methyl sites for hydroxylation is 1. The molecule has 3 rings (SSSR count). The van der Waals surface area contributed by atoms with Crippen LogP contribution in [0.3, 0.4) is 0 Å². The SMILES string of the molecule is O=C(CCCc1cc(OS(=O)(=O)[O-])ccc1OS(=O)(=O)[O-])N1CCc2c(ccc(OS(=O)(=O)[O-])c2OS(=O)(=O)[O-])C1.[Na+].[Na+].[Na+].[Na+]. The topological polar surface area (TPSA) is 286 Å². The van der Waals surface area contributed by atoms with Crippen molar-refractivity contribution in [3.05, 3.63) is 47.0 Å². The quantitative estimate of drug-likeness (QED) is 0.110. The van der Waals surface area contributed by atoms with Crippen LogP contribution in [0.1, 0.15) is 29.5 Å². The van der Waals surface area contributed by atoms with Crippen LogP contribution in [0.25, 0.3) is 0 Å². The molecular weight excluding hydrogens is 734 g/mol. The Morgan fingerprint density at radius 1 is 0.711 bits per heavy atom. The first kappa shape index (κ1) is 47.9. The van der Waals surface area contributed by atoms with Crippen molar-refractivity contribution in [2.24, 2.45) is 0 Å². The smallest absolute Gasteiger partial charge is 0.716 e. The molecule has 0 aromatic heterocycles. The maximum absolute atomic E-state index is 12.8. The van der Waals surface area contributed by atoms with Gasteiger partial charge in [-0.1, -0.05) is 6.07 Å². The third-order valence-corrected chi connectivity index (χ3v) is 6.84. The van der Waals surface area contributed by atoms with Crippen molar-refractivity contribution in [2.75, 3.05) is 6.54 Å². The number of hydrogen-bond acceptors (Lipinski definition) is 17. The van der Waals surface area contributed by atoms with Gasteiger partial charge < -0.3 is 39.8 Å². The molecule has 1 aliphatic rings. The van der Waals surface area contributed by atoms with Gasteiger partial charge >= 0.3 is 118 Å². The van der Waals surface area contributed by atoms with Crippen LogP contribution in [0.5, 0.6) is 23.0 Å². The maximum Gasteiger partial charge on any atom is 1.00 e. The summed E-state index contributed by atoms with van der Waals surface area (Å²) in [5.41, 5.74) is 0.156. The molecule has 0 unspecified atom stereocenters. The van der Waals surface area contributed by atoms with E-state index in [9.17, 15) is 56.7 Å². The average molecular weight is 752 g/mol. The number of hydrogen-bond donors (Lipinski definition) is 0. The Morgan fingerprint density at radius 2 is 1.22 bits per heavy atom. The van der Waals surface area contributed by atoms with Gasteiger partial charge in [-0.2, -0.15) is 0 Å². The van der Waals surface area contributed by atoms with Gasteiger partial charge in [0.1, 0.15) is 11.5 Å². The van der Waals surface area contributed by atoms with Crippen molar-refractivity contribution in [1.82, 2.24) is 4.90 Å². The molecule has 1 heterocycles. The molecule has 0 radical (unpaired) electrons. The number of fused-ring (bicyclic) bond motifs is 1. The zero-order valence-corrected chi connectivity index (χ0v) is 35.4. The number of benzene rings is 2. The Bertz CT molecular complexity index is 1790. The first-order chi connectivity index (χ1) is 18.7. The fourth-order valence-corrected chi connectivity index (χ4v) is 5.34. The summed E-state index contributed by atoms with van der Waals surface area (Å²) in [6.45, 7) is -0.247. The normalized spacial score (nSPS) is 12.9. The van der Waals surface area contributed by atoms with Crippen LogP contribution in [0.15, 0.2) is 30.3 Å². The Morgan fingerprint density at radius 3 is 1.76 bits per heavy atom. The van der Waals surface area contributed by atoms with Crippen LogP contribution in [0.4, 0.5) is 0 Å². The van der Waals surface area contributed by atoms with Crippen molar-refractivity contribution in [1.29, 1.82) is 0 Å². The minimum absolute atomic E-state index is 0. The minimum Gasteiger partial charge on any atom is -0.716 e. The van der Waals surface area contributed by atoms with E-state index in [4.69, 9.17) is 0 Å². The summed E-state index contributed by atoms with van der Waals surface area (Å²) < 4.78 is 149. The van der Waals surface area contributed by atoms with E-state index in [1.165, 1.54) is 11.0 Å². The van der Waals surface area contributed by atoms with Crippen molar-refractivity contribution < 1.29 is 192 Å². The van der Waals surface area contributed by atoms with Crippen molar-refractivity contribution >= 4 is 47.5 Å². The molecule has 26 heteroatoms. The Labute approximate surface area is 347 Å². The third kappa shape index (κ3) is 16.8. The summed E-state index contributed by atoms with van der Waals surface area (Å²) in [4.78, 5) is 14.1. The predicted octanol–water partition coefficient (Wildman–Crippen LogP) is -13.0. The van der Waals surface area contributed by atoms with Crippen LogP contribution < -0.4 is 135 Å². The zero-order chi connectivity index (χ0) is 30.8. The van der Waals surface area contributed by atoms with Gasteiger partial charge in [0.25, 0.3) is 41.6 Å². The number of carbonyl (C=O) groups is 1. The molecule has 0 spiro atoms. The Hall–Kier alpha value is 0.750. The van der Waals surface area contributed by atoms with Gasteiger partial charge in [-0.3, -0.25) is 4.79 Å². The first-order valence-electron chi connectivity index (χ1n) is 10.9. The van der Waals surface area contributed by atoms with Crippen molar-refractivity contribution in [3.8, 4) is 23.0 Å². The fourth-order valence-electron chi connectivity index (χ4n) is 3.88. The van der Waals surface area contributed by atoms with Gasteiger partial charge in [0, 0.05) is 25.1 Å². The summed E-state index contributed by atoms with van der Waals surface area (Å²) >= 11 is 0. The van der Waals surface area contributed by atoms with E-state index in [2.05, 4.69) is 16.7 Å². The molecule has 1 amide bonds. The van der Waals surface area contributed by atoms with E-state index in [1.807, 2.05) is 0 Å². The molecule has 0 saturated heterocycles. The molecule has 2 aromatic rings. The molecule has 2 aromatic carbocycles. The van der Waals surface area contributed by atoms with E-state index in [0.29, 0.717) is 0 Å². The van der Waals surface area contributed by atoms with Crippen molar-refractivity contribution in [2.45, 2.75) is 32.2 Å². The number of rotatable bonds is 12. The number of nitrogens with zero attached hydrogens (tertiary/aromatic N) is 1. The standard InChI is InChI=1S/C19H21NO17S4.4Na/c21-18(3-1-2-12-10-14(34-38(22,23)24)5-7-16(12)35-39(25,26)27)20-9-8-15-13(11-20)4-6-17(36-40(28,29)30)19(15)37-41(31,32)33;;;;/h4-7,10H,1-3,8-9,11H2,(H,22,23,24)(H,25,26,27)(H,28,29,30)(H,31,32,33);;;;/q;4*+1/p-4. The first-order valence-corrected chi connectivity index (χ1v) is 16.2. The minimum atomic E-state index is -5.42. The fraction of sp³-hybridized carbons (Fsp3) is 0.316. The van der Waals surface area contributed by atoms with Crippen molar-refractivity contribution in [3.63, 3.8) is 0 Å². The summed E-state index contributed by atoms with van der Waals surface area (Å²) in [6, 6.07) is 4.78. The molecule has 18 nitrogen and oxygen atoms in total. The number of carbonyl (C=O) groups excluding carboxylic acids is 1. The summed E-state index contributed by atoms with van der Waals surface area (Å²) in [5, 5.41) is 0. The average Bonchev–Trinajstić information content (AvgIpc) is 2.78. The Kier molecular flexibility index (Phi) is 20.4. The van der Waals surface area contributed by atoms with Gasteiger partial charge in [-0.05, 0) is 54.7 Å². The number of amides is 1. The Balaban J connectivity index is 0. The third-order valence-electron chi connectivity index (χ3n) is 5.30. The van der Waals surface area contributed by atoms with Crippen LogP contribution in [0.2, 0.25) is 0 Å². The zero-order valence-electron chi connectivity index (χ0n) is 24.1. The van der Waals surface area contributed by atoms with Gasteiger partial charge in [0.05, 0.1) is 0 Å². The molecule has 45 heavy (non-hydrogen) atoms. The second-order valence-corrected chi connectivity index (χ2v) is 12.1. The second-order valence-electron chi connectivity index (χ2n) is 8.19. The molecule has 0 aliphatic carbocycles. The van der Waals surface area contributed by atoms with Crippen LogP contribution in [-0.4, -0.2) is 69.2 Å².